The Kier molecular flexibility index (Phi) is 3.48. The van der Waals surface area contributed by atoms with Gasteiger partial charge < -0.3 is 0 Å². The van der Waals surface area contributed by atoms with E-state index in [1.807, 2.05) is 6.07 Å². The van der Waals surface area contributed by atoms with Gasteiger partial charge in [0, 0.05) is 5.02 Å². The summed E-state index contributed by atoms with van der Waals surface area (Å²) in [6.07, 6.45) is 6.26. The maximum absolute atomic E-state index is 13.1. The van der Waals surface area contributed by atoms with Crippen molar-refractivity contribution in [2.75, 3.05) is 0 Å². The number of halogens is 1. The smallest absolute Gasteiger partial charge is 0.263 e. The number of carbonyl (C=O) groups excluding carboxylic acids is 3. The summed E-state index contributed by atoms with van der Waals surface area (Å²) in [6.45, 7) is 0.0901. The van der Waals surface area contributed by atoms with Crippen LogP contribution in [0.3, 0.4) is 0 Å². The molecule has 1 heterocycles. The number of benzene rings is 1. The fourth-order valence-electron chi connectivity index (χ4n) is 6.22. The molecular formula is C20H21ClN2O3. The second-order valence-electron chi connectivity index (χ2n) is 8.59. The number of hydrogen-bond donors (Lipinski definition) is 0. The molecule has 1 aromatic rings. The Morgan fingerprint density at radius 3 is 2.15 bits per heavy atom. The Bertz CT molecular complexity index is 786. The van der Waals surface area contributed by atoms with E-state index in [-0.39, 0.29) is 6.54 Å². The molecule has 136 valence electrons. The number of amides is 4. The quantitative estimate of drug-likeness (QED) is 0.601. The van der Waals surface area contributed by atoms with Gasteiger partial charge in [-0.3, -0.25) is 14.5 Å². The zero-order valence-electron chi connectivity index (χ0n) is 14.5. The second-order valence-corrected chi connectivity index (χ2v) is 9.02. The van der Waals surface area contributed by atoms with Gasteiger partial charge in [-0.2, -0.15) is 0 Å². The summed E-state index contributed by atoms with van der Waals surface area (Å²) >= 11 is 6.01. The lowest BCUT2D eigenvalue weighted by molar-refractivity contribution is -0.150. The van der Waals surface area contributed by atoms with Gasteiger partial charge in [-0.1, -0.05) is 23.7 Å². The Labute approximate surface area is 157 Å². The monoisotopic (exact) mass is 372 g/mol. The molecule has 6 rings (SSSR count). The first kappa shape index (κ1) is 16.3. The molecule has 5 nitrogen and oxygen atoms in total. The lowest BCUT2D eigenvalue weighted by Crippen LogP contribution is -2.61. The Morgan fingerprint density at radius 1 is 0.962 bits per heavy atom. The third-order valence-electron chi connectivity index (χ3n) is 6.76. The Balaban J connectivity index is 1.45. The van der Waals surface area contributed by atoms with E-state index in [0.29, 0.717) is 22.8 Å². The molecule has 0 spiro atoms. The zero-order valence-corrected chi connectivity index (χ0v) is 15.2. The first-order valence-electron chi connectivity index (χ1n) is 9.40. The minimum absolute atomic E-state index is 0.0901. The SMILES string of the molecule is O=C1C(=O)N(C23CC4CC(CC(C4)C2)C3)C(=O)N1Cc1cccc(Cl)c1. The summed E-state index contributed by atoms with van der Waals surface area (Å²) < 4.78 is 0. The summed E-state index contributed by atoms with van der Waals surface area (Å²) in [5.41, 5.74) is 0.321. The average Bonchev–Trinajstić information content (AvgIpc) is 2.78. The van der Waals surface area contributed by atoms with Crippen LogP contribution in [0, 0.1) is 17.8 Å². The van der Waals surface area contributed by atoms with E-state index in [9.17, 15) is 14.4 Å². The van der Waals surface area contributed by atoms with Crippen molar-refractivity contribution in [1.82, 2.24) is 9.80 Å². The molecule has 0 radical (unpaired) electrons. The van der Waals surface area contributed by atoms with E-state index in [0.717, 1.165) is 29.7 Å². The topological polar surface area (TPSA) is 57.7 Å². The fraction of sp³-hybridized carbons (Fsp3) is 0.550. The van der Waals surface area contributed by atoms with Crippen LogP contribution in [-0.4, -0.2) is 33.2 Å². The first-order valence-corrected chi connectivity index (χ1v) is 9.77. The number of imide groups is 2. The summed E-state index contributed by atoms with van der Waals surface area (Å²) in [5, 5.41) is 0.547. The Hall–Kier alpha value is -1.88. The van der Waals surface area contributed by atoms with E-state index in [4.69, 9.17) is 11.6 Å². The molecule has 1 saturated heterocycles. The van der Waals surface area contributed by atoms with Crippen molar-refractivity contribution in [2.24, 2.45) is 17.8 Å². The third kappa shape index (κ3) is 2.33. The number of rotatable bonds is 3. The normalized spacial score (nSPS) is 35.7. The second kappa shape index (κ2) is 5.56. The molecular weight excluding hydrogens is 352 g/mol. The largest absolute Gasteiger partial charge is 0.335 e. The molecule has 4 amide bonds. The van der Waals surface area contributed by atoms with Crippen molar-refractivity contribution >= 4 is 29.4 Å². The summed E-state index contributed by atoms with van der Waals surface area (Å²) in [5.74, 6) is 0.446. The molecule has 0 unspecified atom stereocenters. The number of nitrogens with zero attached hydrogens (tertiary/aromatic N) is 2. The van der Waals surface area contributed by atoms with Crippen LogP contribution in [0.15, 0.2) is 24.3 Å². The van der Waals surface area contributed by atoms with Crippen molar-refractivity contribution in [3.05, 3.63) is 34.9 Å². The lowest BCUT2D eigenvalue weighted by atomic mass is 9.52. The van der Waals surface area contributed by atoms with E-state index < -0.39 is 23.4 Å². The van der Waals surface area contributed by atoms with Crippen LogP contribution in [-0.2, 0) is 16.1 Å². The standard InChI is InChI=1S/C20H21ClN2O3/c21-16-3-1-2-12(7-16)11-22-17(24)18(25)23(19(22)26)20-8-13-4-14(9-20)6-15(5-13)10-20/h1-3,7,13-15H,4-6,8-11H2. The summed E-state index contributed by atoms with van der Waals surface area (Å²) in [4.78, 5) is 40.9. The Morgan fingerprint density at radius 2 is 1.58 bits per heavy atom. The molecule has 1 aromatic carbocycles. The van der Waals surface area contributed by atoms with Crippen molar-refractivity contribution in [2.45, 2.75) is 50.6 Å². The van der Waals surface area contributed by atoms with Crippen molar-refractivity contribution in [3.8, 4) is 0 Å². The molecule has 4 aliphatic carbocycles. The summed E-state index contributed by atoms with van der Waals surface area (Å²) in [7, 11) is 0. The zero-order chi connectivity index (χ0) is 18.1. The molecule has 0 aromatic heterocycles. The van der Waals surface area contributed by atoms with Gasteiger partial charge in [-0.15, -0.1) is 0 Å². The highest BCUT2D eigenvalue weighted by Gasteiger charge is 2.60. The maximum Gasteiger partial charge on any atom is 0.335 e. The van der Waals surface area contributed by atoms with Crippen molar-refractivity contribution < 1.29 is 14.4 Å². The predicted octanol–water partition coefficient (Wildman–Crippen LogP) is 3.60. The van der Waals surface area contributed by atoms with Crippen LogP contribution < -0.4 is 0 Å². The maximum atomic E-state index is 13.1. The van der Waals surface area contributed by atoms with E-state index in [1.165, 1.54) is 24.2 Å². The third-order valence-corrected chi connectivity index (χ3v) is 7.00. The van der Waals surface area contributed by atoms with Gasteiger partial charge in [0.05, 0.1) is 12.1 Å². The van der Waals surface area contributed by atoms with Gasteiger partial charge in [0.2, 0.25) is 0 Å². The molecule has 26 heavy (non-hydrogen) atoms. The molecule has 5 fully saturated rings. The van der Waals surface area contributed by atoms with E-state index in [1.54, 1.807) is 18.2 Å². The number of urea groups is 1. The van der Waals surface area contributed by atoms with Crippen LogP contribution in [0.1, 0.15) is 44.1 Å². The predicted molar refractivity (Wildman–Crippen MR) is 95.1 cm³/mol. The lowest BCUT2D eigenvalue weighted by Gasteiger charge is -2.58. The minimum Gasteiger partial charge on any atom is -0.263 e. The molecule has 0 N–H and O–H groups in total. The average molecular weight is 373 g/mol. The molecule has 5 aliphatic rings. The molecule has 0 atom stereocenters. The number of carbonyl (C=O) groups is 3. The van der Waals surface area contributed by atoms with Crippen molar-refractivity contribution in [1.29, 1.82) is 0 Å². The molecule has 4 bridgehead atoms. The van der Waals surface area contributed by atoms with Gasteiger partial charge in [-0.25, -0.2) is 9.69 Å². The van der Waals surface area contributed by atoms with Gasteiger partial charge in [-0.05, 0) is 74.0 Å². The van der Waals surface area contributed by atoms with E-state index in [2.05, 4.69) is 0 Å². The molecule has 4 saturated carbocycles. The highest BCUT2D eigenvalue weighted by Crippen LogP contribution is 2.58. The van der Waals surface area contributed by atoms with Crippen molar-refractivity contribution in [3.63, 3.8) is 0 Å². The van der Waals surface area contributed by atoms with Crippen LogP contribution >= 0.6 is 11.6 Å². The van der Waals surface area contributed by atoms with Gasteiger partial charge in [0.1, 0.15) is 0 Å². The van der Waals surface area contributed by atoms with Gasteiger partial charge >= 0.3 is 17.8 Å². The van der Waals surface area contributed by atoms with Crippen LogP contribution in [0.5, 0.6) is 0 Å². The molecule has 6 heteroatoms. The number of hydrogen-bond acceptors (Lipinski definition) is 3. The highest BCUT2D eigenvalue weighted by molar-refractivity contribution is 6.44. The highest BCUT2D eigenvalue weighted by atomic mass is 35.5. The van der Waals surface area contributed by atoms with E-state index >= 15 is 0 Å². The molecule has 1 aliphatic heterocycles. The van der Waals surface area contributed by atoms with Gasteiger partial charge in [0.15, 0.2) is 0 Å². The first-order chi connectivity index (χ1) is 12.4. The van der Waals surface area contributed by atoms with Crippen LogP contribution in [0.2, 0.25) is 5.02 Å². The summed E-state index contributed by atoms with van der Waals surface area (Å²) in [6, 6.07) is 6.61. The fourth-order valence-corrected chi connectivity index (χ4v) is 6.43. The van der Waals surface area contributed by atoms with Gasteiger partial charge in [0.25, 0.3) is 0 Å². The minimum atomic E-state index is -0.703. The van der Waals surface area contributed by atoms with Crippen LogP contribution in [0.25, 0.3) is 0 Å². The van der Waals surface area contributed by atoms with Crippen LogP contribution in [0.4, 0.5) is 4.79 Å².